The number of rotatable bonds is 3. The zero-order valence-electron chi connectivity index (χ0n) is 9.51. The van der Waals surface area contributed by atoms with E-state index in [1.807, 2.05) is 6.07 Å². The van der Waals surface area contributed by atoms with Crippen molar-refractivity contribution < 1.29 is 9.18 Å². The van der Waals surface area contributed by atoms with Gasteiger partial charge in [0.05, 0.1) is 0 Å². The molecular weight excluding hydrogens is 231 g/mol. The first-order valence-corrected chi connectivity index (χ1v) is 5.36. The summed E-state index contributed by atoms with van der Waals surface area (Å²) in [6, 6.07) is 14.2. The van der Waals surface area contributed by atoms with Crippen LogP contribution in [0.4, 0.5) is 4.39 Å². The van der Waals surface area contributed by atoms with E-state index in [1.165, 1.54) is 24.3 Å². The highest BCUT2D eigenvalue weighted by molar-refractivity contribution is 6.51. The van der Waals surface area contributed by atoms with Crippen LogP contribution in [0.1, 0.15) is 15.9 Å². The molecule has 0 bridgehead atoms. The van der Waals surface area contributed by atoms with Crippen LogP contribution in [-0.4, -0.2) is 11.5 Å². The summed E-state index contributed by atoms with van der Waals surface area (Å²) < 4.78 is 12.8. The average Bonchev–Trinajstić information content (AvgIpc) is 2.42. The largest absolute Gasteiger partial charge is 0.323 e. The Hall–Kier alpha value is -2.49. The molecule has 0 fully saturated rings. The number of carbonyl (C=O) groups is 1. The minimum atomic E-state index is -0.373. The first-order valence-electron chi connectivity index (χ1n) is 5.36. The lowest BCUT2D eigenvalue weighted by molar-refractivity contribution is 0.106. The van der Waals surface area contributed by atoms with Crippen LogP contribution in [0.15, 0.2) is 59.7 Å². The number of ketones is 1. The summed E-state index contributed by atoms with van der Waals surface area (Å²) in [4.78, 5) is 12.2. The maximum atomic E-state index is 12.8. The molecule has 0 heterocycles. The van der Waals surface area contributed by atoms with E-state index in [4.69, 9.17) is 5.84 Å². The molecule has 0 unspecified atom stereocenters. The normalized spacial score (nSPS) is 11.3. The Balaban J connectivity index is 2.36. The molecule has 0 aliphatic carbocycles. The summed E-state index contributed by atoms with van der Waals surface area (Å²) in [5.74, 6) is 4.59. The van der Waals surface area contributed by atoms with Crippen LogP contribution in [0.25, 0.3) is 0 Å². The highest BCUT2D eigenvalue weighted by Gasteiger charge is 2.15. The van der Waals surface area contributed by atoms with Crippen molar-refractivity contribution in [3.8, 4) is 0 Å². The Labute approximate surface area is 104 Å². The monoisotopic (exact) mass is 242 g/mol. The maximum Gasteiger partial charge on any atom is 0.213 e. The molecule has 90 valence electrons. The molecule has 2 N–H and O–H groups in total. The van der Waals surface area contributed by atoms with Gasteiger partial charge < -0.3 is 5.84 Å². The van der Waals surface area contributed by atoms with Gasteiger partial charge in [-0.05, 0) is 24.3 Å². The first-order chi connectivity index (χ1) is 8.72. The van der Waals surface area contributed by atoms with E-state index >= 15 is 0 Å². The number of hydrazone groups is 1. The number of carbonyl (C=O) groups excluding carboxylic acids is 1. The van der Waals surface area contributed by atoms with Crippen LogP contribution in [0.2, 0.25) is 0 Å². The molecule has 3 nitrogen and oxygen atoms in total. The third kappa shape index (κ3) is 2.43. The standard InChI is InChI=1S/C14H11FN2O/c15-12-8-6-10(7-9-12)13(17-16)14(18)11-4-2-1-3-5-11/h1-9H,16H2. The SMILES string of the molecule is NN=C(C(=O)c1ccccc1)c1ccc(F)cc1. The third-order valence-corrected chi connectivity index (χ3v) is 2.50. The molecule has 0 aromatic heterocycles. The highest BCUT2D eigenvalue weighted by Crippen LogP contribution is 2.09. The number of nitrogens with two attached hydrogens (primary N) is 1. The molecule has 0 saturated heterocycles. The zero-order valence-corrected chi connectivity index (χ0v) is 9.51. The molecule has 18 heavy (non-hydrogen) atoms. The van der Waals surface area contributed by atoms with Crippen molar-refractivity contribution in [2.75, 3.05) is 0 Å². The van der Waals surface area contributed by atoms with Crippen LogP contribution in [-0.2, 0) is 0 Å². The maximum absolute atomic E-state index is 12.8. The lowest BCUT2D eigenvalue weighted by Crippen LogP contribution is -2.17. The summed E-state index contributed by atoms with van der Waals surface area (Å²) in [6.07, 6.45) is 0. The third-order valence-electron chi connectivity index (χ3n) is 2.50. The van der Waals surface area contributed by atoms with Gasteiger partial charge in [-0.2, -0.15) is 5.10 Å². The van der Waals surface area contributed by atoms with E-state index in [2.05, 4.69) is 5.10 Å². The zero-order chi connectivity index (χ0) is 13.0. The van der Waals surface area contributed by atoms with Gasteiger partial charge in [0, 0.05) is 11.1 Å². The molecule has 0 aliphatic heterocycles. The molecule has 0 amide bonds. The molecule has 2 aromatic carbocycles. The van der Waals surface area contributed by atoms with Crippen molar-refractivity contribution in [3.05, 3.63) is 71.5 Å². The lowest BCUT2D eigenvalue weighted by Gasteiger charge is -2.04. The van der Waals surface area contributed by atoms with Crippen molar-refractivity contribution in [2.45, 2.75) is 0 Å². The Bertz CT molecular complexity index is 577. The number of Topliss-reactive ketones (excluding diaryl/α,β-unsaturated/α-hetero) is 1. The quantitative estimate of drug-likeness (QED) is 0.389. The van der Waals surface area contributed by atoms with Gasteiger partial charge in [0.1, 0.15) is 11.5 Å². The van der Waals surface area contributed by atoms with Crippen molar-refractivity contribution in [1.82, 2.24) is 0 Å². The highest BCUT2D eigenvalue weighted by atomic mass is 19.1. The molecule has 2 aromatic rings. The van der Waals surface area contributed by atoms with Gasteiger partial charge in [0.15, 0.2) is 0 Å². The van der Waals surface area contributed by atoms with E-state index in [0.29, 0.717) is 11.1 Å². The fourth-order valence-corrected chi connectivity index (χ4v) is 1.60. The van der Waals surface area contributed by atoms with Crippen LogP contribution < -0.4 is 5.84 Å². The smallest absolute Gasteiger partial charge is 0.213 e. The fourth-order valence-electron chi connectivity index (χ4n) is 1.60. The number of hydrogen-bond acceptors (Lipinski definition) is 3. The van der Waals surface area contributed by atoms with Crippen molar-refractivity contribution in [3.63, 3.8) is 0 Å². The minimum absolute atomic E-state index is 0.112. The van der Waals surface area contributed by atoms with Gasteiger partial charge in [-0.25, -0.2) is 4.39 Å². The van der Waals surface area contributed by atoms with Crippen molar-refractivity contribution in [2.24, 2.45) is 10.9 Å². The first kappa shape index (κ1) is 12.0. The molecule has 0 saturated carbocycles. The predicted octanol–water partition coefficient (Wildman–Crippen LogP) is 2.37. The summed E-state index contributed by atoms with van der Waals surface area (Å²) in [5, 5.41) is 3.51. The molecule has 0 atom stereocenters. The second-order valence-corrected chi connectivity index (χ2v) is 3.68. The van der Waals surface area contributed by atoms with E-state index in [0.717, 1.165) is 0 Å². The summed E-state index contributed by atoms with van der Waals surface area (Å²) in [7, 11) is 0. The van der Waals surface area contributed by atoms with Crippen LogP contribution in [0.5, 0.6) is 0 Å². The summed E-state index contributed by atoms with van der Waals surface area (Å²) in [5.41, 5.74) is 1.10. The number of benzene rings is 2. The summed E-state index contributed by atoms with van der Waals surface area (Å²) in [6.45, 7) is 0. The minimum Gasteiger partial charge on any atom is -0.323 e. The molecule has 0 aliphatic rings. The molecular formula is C14H11FN2O. The van der Waals surface area contributed by atoms with Crippen molar-refractivity contribution in [1.29, 1.82) is 0 Å². The predicted molar refractivity (Wildman–Crippen MR) is 67.9 cm³/mol. The summed E-state index contributed by atoms with van der Waals surface area (Å²) >= 11 is 0. The Morgan fingerprint density at radius 2 is 1.56 bits per heavy atom. The van der Waals surface area contributed by atoms with E-state index in [-0.39, 0.29) is 17.3 Å². The van der Waals surface area contributed by atoms with Crippen LogP contribution in [0, 0.1) is 5.82 Å². The topological polar surface area (TPSA) is 55.4 Å². The van der Waals surface area contributed by atoms with E-state index < -0.39 is 0 Å². The number of nitrogens with zero attached hydrogens (tertiary/aromatic N) is 1. The van der Waals surface area contributed by atoms with Crippen molar-refractivity contribution >= 4 is 11.5 Å². The van der Waals surface area contributed by atoms with Gasteiger partial charge in [-0.1, -0.05) is 30.3 Å². The second kappa shape index (κ2) is 5.23. The average molecular weight is 242 g/mol. The van der Waals surface area contributed by atoms with Gasteiger partial charge in [-0.15, -0.1) is 0 Å². The lowest BCUT2D eigenvalue weighted by atomic mass is 10.0. The fraction of sp³-hybridized carbons (Fsp3) is 0. The van der Waals surface area contributed by atoms with Crippen LogP contribution in [0.3, 0.4) is 0 Å². The van der Waals surface area contributed by atoms with E-state index in [9.17, 15) is 9.18 Å². The van der Waals surface area contributed by atoms with Gasteiger partial charge in [0.25, 0.3) is 0 Å². The molecule has 2 rings (SSSR count). The molecule has 4 heteroatoms. The molecule has 0 radical (unpaired) electrons. The Kier molecular flexibility index (Phi) is 3.48. The Morgan fingerprint density at radius 3 is 2.11 bits per heavy atom. The Morgan fingerprint density at radius 1 is 0.944 bits per heavy atom. The van der Waals surface area contributed by atoms with Crippen LogP contribution >= 0.6 is 0 Å². The van der Waals surface area contributed by atoms with E-state index in [1.54, 1.807) is 24.3 Å². The van der Waals surface area contributed by atoms with Gasteiger partial charge in [-0.3, -0.25) is 4.79 Å². The number of hydrogen-bond donors (Lipinski definition) is 1. The van der Waals surface area contributed by atoms with Gasteiger partial charge in [0.2, 0.25) is 5.78 Å². The number of halogens is 1. The second-order valence-electron chi connectivity index (χ2n) is 3.68. The van der Waals surface area contributed by atoms with Gasteiger partial charge >= 0.3 is 0 Å². The molecule has 0 spiro atoms.